The molecule has 0 amide bonds. The highest BCUT2D eigenvalue weighted by Gasteiger charge is 2.29. The number of sulfone groups is 1. The standard InChI is InChI=1S/C10H17N3O3S/c11-5-1-4-9-12-10(16-13-9)8-3-2-6-17(14,15)7-8/h8H,1-7,11H2. The van der Waals surface area contributed by atoms with Crippen molar-refractivity contribution in [3.05, 3.63) is 11.7 Å². The van der Waals surface area contributed by atoms with Gasteiger partial charge < -0.3 is 10.3 Å². The Morgan fingerprint density at radius 2 is 2.29 bits per heavy atom. The van der Waals surface area contributed by atoms with Crippen LogP contribution in [0.3, 0.4) is 0 Å². The zero-order chi connectivity index (χ0) is 12.3. The molecular weight excluding hydrogens is 242 g/mol. The van der Waals surface area contributed by atoms with Crippen molar-refractivity contribution in [2.24, 2.45) is 5.73 Å². The van der Waals surface area contributed by atoms with Gasteiger partial charge in [0.15, 0.2) is 15.7 Å². The Bertz CT molecular complexity index is 469. The van der Waals surface area contributed by atoms with Gasteiger partial charge in [0.1, 0.15) is 0 Å². The first-order valence-corrected chi connectivity index (χ1v) is 7.66. The largest absolute Gasteiger partial charge is 0.339 e. The predicted octanol–water partition coefficient (Wildman–Crippen LogP) is 0.253. The minimum absolute atomic E-state index is 0.130. The normalized spacial score (nSPS) is 23.7. The molecule has 6 nitrogen and oxygen atoms in total. The van der Waals surface area contributed by atoms with Crippen molar-refractivity contribution < 1.29 is 12.9 Å². The molecule has 0 bridgehead atoms. The number of nitrogens with two attached hydrogens (primary N) is 1. The van der Waals surface area contributed by atoms with Gasteiger partial charge in [-0.2, -0.15) is 4.98 Å². The van der Waals surface area contributed by atoms with Crippen LogP contribution >= 0.6 is 0 Å². The monoisotopic (exact) mass is 259 g/mol. The lowest BCUT2D eigenvalue weighted by Crippen LogP contribution is -2.23. The van der Waals surface area contributed by atoms with Crippen molar-refractivity contribution in [3.8, 4) is 0 Å². The van der Waals surface area contributed by atoms with E-state index in [0.717, 1.165) is 12.8 Å². The lowest BCUT2D eigenvalue weighted by molar-refractivity contribution is 0.346. The van der Waals surface area contributed by atoms with E-state index in [1.165, 1.54) is 0 Å². The second-order valence-electron chi connectivity index (χ2n) is 4.39. The third-order valence-corrected chi connectivity index (χ3v) is 4.72. The van der Waals surface area contributed by atoms with Crippen LogP contribution < -0.4 is 5.73 Å². The average molecular weight is 259 g/mol. The highest BCUT2D eigenvalue weighted by molar-refractivity contribution is 7.91. The number of aromatic nitrogens is 2. The van der Waals surface area contributed by atoms with Gasteiger partial charge >= 0.3 is 0 Å². The predicted molar refractivity (Wildman–Crippen MR) is 62.3 cm³/mol. The highest BCUT2D eigenvalue weighted by atomic mass is 32.2. The summed E-state index contributed by atoms with van der Waals surface area (Å²) in [5.74, 6) is 1.35. The van der Waals surface area contributed by atoms with Gasteiger partial charge in [-0.15, -0.1) is 0 Å². The summed E-state index contributed by atoms with van der Waals surface area (Å²) >= 11 is 0. The molecule has 2 heterocycles. The minimum atomic E-state index is -2.94. The van der Waals surface area contributed by atoms with Crippen molar-refractivity contribution in [1.82, 2.24) is 10.1 Å². The van der Waals surface area contributed by atoms with E-state index < -0.39 is 9.84 Å². The maximum Gasteiger partial charge on any atom is 0.230 e. The maximum atomic E-state index is 11.5. The SMILES string of the molecule is NCCCc1noc(C2CCCS(=O)(=O)C2)n1. The quantitative estimate of drug-likeness (QED) is 0.832. The molecular formula is C10H17N3O3S. The Morgan fingerprint density at radius 3 is 3.00 bits per heavy atom. The third-order valence-electron chi connectivity index (χ3n) is 2.90. The summed E-state index contributed by atoms with van der Waals surface area (Å²) < 4.78 is 28.1. The molecule has 17 heavy (non-hydrogen) atoms. The highest BCUT2D eigenvalue weighted by Crippen LogP contribution is 2.27. The van der Waals surface area contributed by atoms with Crippen LogP contribution in [0.1, 0.15) is 36.9 Å². The van der Waals surface area contributed by atoms with Crippen molar-refractivity contribution in [2.75, 3.05) is 18.1 Å². The summed E-state index contributed by atoms with van der Waals surface area (Å²) in [7, 11) is -2.94. The molecule has 0 radical (unpaired) electrons. The molecule has 1 aromatic rings. The van der Waals surface area contributed by atoms with E-state index in [1.54, 1.807) is 0 Å². The zero-order valence-electron chi connectivity index (χ0n) is 9.63. The van der Waals surface area contributed by atoms with Crippen LogP contribution in [-0.4, -0.2) is 36.6 Å². The van der Waals surface area contributed by atoms with Crippen LogP contribution in [0.5, 0.6) is 0 Å². The van der Waals surface area contributed by atoms with Crippen molar-refractivity contribution in [3.63, 3.8) is 0 Å². The van der Waals surface area contributed by atoms with Crippen molar-refractivity contribution in [2.45, 2.75) is 31.6 Å². The van der Waals surface area contributed by atoms with Crippen LogP contribution in [0.25, 0.3) is 0 Å². The second kappa shape index (κ2) is 5.14. The molecule has 0 aliphatic carbocycles. The Hall–Kier alpha value is -0.950. The molecule has 1 aromatic heterocycles. The van der Waals surface area contributed by atoms with Gasteiger partial charge in [-0.25, -0.2) is 8.42 Å². The van der Waals surface area contributed by atoms with E-state index >= 15 is 0 Å². The molecule has 7 heteroatoms. The van der Waals surface area contributed by atoms with E-state index in [2.05, 4.69) is 10.1 Å². The Balaban J connectivity index is 2.04. The number of rotatable bonds is 4. The molecule has 0 spiro atoms. The Labute approximate surface area is 100 Å². The van der Waals surface area contributed by atoms with Crippen LogP contribution in [0.15, 0.2) is 4.52 Å². The summed E-state index contributed by atoms with van der Waals surface area (Å²) in [6.07, 6.45) is 2.96. The first kappa shape index (κ1) is 12.5. The molecule has 2 N–H and O–H groups in total. The van der Waals surface area contributed by atoms with Crippen LogP contribution in [-0.2, 0) is 16.3 Å². The fourth-order valence-electron chi connectivity index (χ4n) is 2.01. The van der Waals surface area contributed by atoms with E-state index in [4.69, 9.17) is 10.3 Å². The molecule has 1 fully saturated rings. The molecule has 1 aliphatic rings. The van der Waals surface area contributed by atoms with Gasteiger partial charge in [0.05, 0.1) is 17.4 Å². The fourth-order valence-corrected chi connectivity index (χ4v) is 3.71. The molecule has 0 saturated carbocycles. The van der Waals surface area contributed by atoms with Gasteiger partial charge in [0, 0.05) is 6.42 Å². The molecule has 0 aromatic carbocycles. The zero-order valence-corrected chi connectivity index (χ0v) is 10.4. The first-order valence-electron chi connectivity index (χ1n) is 5.84. The summed E-state index contributed by atoms with van der Waals surface area (Å²) in [5, 5.41) is 3.84. The van der Waals surface area contributed by atoms with Crippen LogP contribution in [0.2, 0.25) is 0 Å². The van der Waals surface area contributed by atoms with Gasteiger partial charge in [0.25, 0.3) is 0 Å². The Kier molecular flexibility index (Phi) is 3.78. The smallest absolute Gasteiger partial charge is 0.230 e. The van der Waals surface area contributed by atoms with E-state index in [-0.39, 0.29) is 17.4 Å². The lowest BCUT2D eigenvalue weighted by Gasteiger charge is -2.17. The van der Waals surface area contributed by atoms with Crippen LogP contribution in [0.4, 0.5) is 0 Å². The van der Waals surface area contributed by atoms with E-state index in [0.29, 0.717) is 31.1 Å². The van der Waals surface area contributed by atoms with Crippen molar-refractivity contribution in [1.29, 1.82) is 0 Å². The lowest BCUT2D eigenvalue weighted by atomic mass is 10.1. The maximum absolute atomic E-state index is 11.5. The van der Waals surface area contributed by atoms with Gasteiger partial charge in [-0.3, -0.25) is 0 Å². The molecule has 2 rings (SSSR count). The fraction of sp³-hybridized carbons (Fsp3) is 0.800. The Morgan fingerprint density at radius 1 is 1.47 bits per heavy atom. The van der Waals surface area contributed by atoms with E-state index in [9.17, 15) is 8.42 Å². The number of aryl methyl sites for hydroxylation is 1. The molecule has 1 saturated heterocycles. The number of nitrogens with zero attached hydrogens (tertiary/aromatic N) is 2. The summed E-state index contributed by atoms with van der Waals surface area (Å²) in [6, 6.07) is 0. The van der Waals surface area contributed by atoms with Gasteiger partial charge in [-0.1, -0.05) is 5.16 Å². The molecule has 96 valence electrons. The second-order valence-corrected chi connectivity index (χ2v) is 6.62. The summed E-state index contributed by atoms with van der Waals surface area (Å²) in [5.41, 5.74) is 5.40. The molecule has 1 unspecified atom stereocenters. The minimum Gasteiger partial charge on any atom is -0.339 e. The topological polar surface area (TPSA) is 99.1 Å². The number of hydrogen-bond acceptors (Lipinski definition) is 6. The average Bonchev–Trinajstić information content (AvgIpc) is 2.73. The van der Waals surface area contributed by atoms with Gasteiger partial charge in [-0.05, 0) is 25.8 Å². The summed E-state index contributed by atoms with van der Waals surface area (Å²) in [4.78, 5) is 4.24. The van der Waals surface area contributed by atoms with Crippen LogP contribution in [0, 0.1) is 0 Å². The molecule has 1 aliphatic heterocycles. The molecule has 1 atom stereocenters. The van der Waals surface area contributed by atoms with Crippen molar-refractivity contribution >= 4 is 9.84 Å². The van der Waals surface area contributed by atoms with Gasteiger partial charge in [0.2, 0.25) is 5.89 Å². The first-order chi connectivity index (χ1) is 8.11. The van der Waals surface area contributed by atoms with E-state index in [1.807, 2.05) is 0 Å². The summed E-state index contributed by atoms with van der Waals surface area (Å²) in [6.45, 7) is 0.585. The third kappa shape index (κ3) is 3.26. The number of hydrogen-bond donors (Lipinski definition) is 1.